The maximum absolute atomic E-state index is 6.01. The second-order valence-corrected chi connectivity index (χ2v) is 4.69. The zero-order valence-electron chi connectivity index (χ0n) is 10.0. The van der Waals surface area contributed by atoms with Crippen LogP contribution in [-0.2, 0) is 13.5 Å². The Morgan fingerprint density at radius 1 is 1.44 bits per heavy atom. The van der Waals surface area contributed by atoms with Crippen molar-refractivity contribution in [3.63, 3.8) is 0 Å². The van der Waals surface area contributed by atoms with Gasteiger partial charge in [-0.1, -0.05) is 18.1 Å². The highest BCUT2D eigenvalue weighted by Crippen LogP contribution is 2.20. The van der Waals surface area contributed by atoms with Gasteiger partial charge in [0.2, 0.25) is 0 Å². The van der Waals surface area contributed by atoms with E-state index in [1.54, 1.807) is 0 Å². The van der Waals surface area contributed by atoms with Crippen molar-refractivity contribution in [3.8, 4) is 0 Å². The van der Waals surface area contributed by atoms with Crippen LogP contribution < -0.4 is 5.73 Å². The van der Waals surface area contributed by atoms with Crippen LogP contribution in [0.2, 0.25) is 0 Å². The van der Waals surface area contributed by atoms with Crippen LogP contribution in [0, 0.1) is 0 Å². The monoisotopic (exact) mass is 219 g/mol. The van der Waals surface area contributed by atoms with Crippen LogP contribution in [0.1, 0.15) is 37.9 Å². The average Bonchev–Trinajstić information content (AvgIpc) is 2.54. The van der Waals surface area contributed by atoms with Crippen LogP contribution in [0.25, 0.3) is 0 Å². The molecule has 1 heterocycles. The molecule has 1 aliphatic carbocycles. The van der Waals surface area contributed by atoms with Crippen molar-refractivity contribution in [2.75, 3.05) is 0 Å². The Hall–Kier alpha value is -1.09. The fourth-order valence-electron chi connectivity index (χ4n) is 2.32. The molecule has 2 N–H and O–H groups in total. The Bertz CT molecular complexity index is 365. The van der Waals surface area contributed by atoms with Crippen molar-refractivity contribution in [2.24, 2.45) is 12.8 Å². The van der Waals surface area contributed by atoms with Gasteiger partial charge in [-0.25, -0.2) is 4.98 Å². The first-order chi connectivity index (χ1) is 7.75. The molecule has 1 atom stereocenters. The van der Waals surface area contributed by atoms with E-state index in [-0.39, 0.29) is 6.04 Å². The van der Waals surface area contributed by atoms with Crippen molar-refractivity contribution >= 4 is 0 Å². The van der Waals surface area contributed by atoms with Gasteiger partial charge in [-0.3, -0.25) is 0 Å². The summed E-state index contributed by atoms with van der Waals surface area (Å²) in [4.78, 5) is 4.35. The lowest BCUT2D eigenvalue weighted by molar-refractivity contribution is 0.652. The van der Waals surface area contributed by atoms with Gasteiger partial charge in [0.1, 0.15) is 5.82 Å². The van der Waals surface area contributed by atoms with E-state index in [0.29, 0.717) is 0 Å². The molecule has 0 aliphatic heterocycles. The normalized spacial score (nSPS) is 21.6. The van der Waals surface area contributed by atoms with Gasteiger partial charge < -0.3 is 10.3 Å². The van der Waals surface area contributed by atoms with Crippen molar-refractivity contribution in [2.45, 2.75) is 44.6 Å². The van der Waals surface area contributed by atoms with Crippen LogP contribution in [-0.4, -0.2) is 15.6 Å². The van der Waals surface area contributed by atoms with E-state index in [2.05, 4.69) is 22.7 Å². The number of aromatic nitrogens is 2. The topological polar surface area (TPSA) is 43.8 Å². The summed E-state index contributed by atoms with van der Waals surface area (Å²) in [7, 11) is 2.05. The summed E-state index contributed by atoms with van der Waals surface area (Å²) in [5.74, 6) is 1.17. The smallest absolute Gasteiger partial charge is 0.108 e. The van der Waals surface area contributed by atoms with Crippen LogP contribution >= 0.6 is 0 Å². The summed E-state index contributed by atoms with van der Waals surface area (Å²) in [6, 6.07) is 0.277. The molecule has 0 saturated heterocycles. The molecule has 1 unspecified atom stereocenters. The molecule has 16 heavy (non-hydrogen) atoms. The zero-order chi connectivity index (χ0) is 11.4. The first-order valence-corrected chi connectivity index (χ1v) is 6.17. The Morgan fingerprint density at radius 2 is 2.31 bits per heavy atom. The molecule has 0 amide bonds. The molecule has 1 aromatic rings. The number of allylic oxidation sites excluding steroid dienone is 1. The molecule has 0 spiro atoms. The highest BCUT2D eigenvalue weighted by atomic mass is 15.0. The van der Waals surface area contributed by atoms with Gasteiger partial charge in [-0.15, -0.1) is 0 Å². The molecule has 0 saturated carbocycles. The maximum atomic E-state index is 6.01. The Morgan fingerprint density at radius 3 is 3.06 bits per heavy atom. The number of hydrogen-bond acceptors (Lipinski definition) is 2. The largest absolute Gasteiger partial charge is 0.338 e. The van der Waals surface area contributed by atoms with Crippen LogP contribution in [0.5, 0.6) is 0 Å². The molecule has 0 radical (unpaired) electrons. The van der Waals surface area contributed by atoms with Gasteiger partial charge >= 0.3 is 0 Å². The predicted molar refractivity (Wildman–Crippen MR) is 66.1 cm³/mol. The minimum absolute atomic E-state index is 0.277. The fraction of sp³-hybridized carbons (Fsp3) is 0.615. The standard InChI is InChI=1S/C13H21N3/c1-16-9-8-15-13(16)7-6-11-4-2-3-5-12(14)10-11/h8-10,12H,2-7,14H2,1H3. The molecule has 88 valence electrons. The Labute approximate surface area is 97.4 Å². The van der Waals surface area contributed by atoms with E-state index < -0.39 is 0 Å². The van der Waals surface area contributed by atoms with Gasteiger partial charge in [0.05, 0.1) is 0 Å². The van der Waals surface area contributed by atoms with Crippen molar-refractivity contribution in [1.29, 1.82) is 0 Å². The second-order valence-electron chi connectivity index (χ2n) is 4.69. The minimum Gasteiger partial charge on any atom is -0.338 e. The number of nitrogens with two attached hydrogens (primary N) is 1. The van der Waals surface area contributed by atoms with Crippen LogP contribution in [0.3, 0.4) is 0 Å². The number of nitrogens with zero attached hydrogens (tertiary/aromatic N) is 2. The summed E-state index contributed by atoms with van der Waals surface area (Å²) in [6.07, 6.45) is 13.2. The van der Waals surface area contributed by atoms with Crippen LogP contribution in [0.15, 0.2) is 24.0 Å². The van der Waals surface area contributed by atoms with Crippen molar-refractivity contribution in [3.05, 3.63) is 29.9 Å². The van der Waals surface area contributed by atoms with E-state index in [9.17, 15) is 0 Å². The molecule has 2 rings (SSSR count). The maximum Gasteiger partial charge on any atom is 0.108 e. The lowest BCUT2D eigenvalue weighted by Gasteiger charge is -2.06. The fourth-order valence-corrected chi connectivity index (χ4v) is 2.32. The van der Waals surface area contributed by atoms with Crippen molar-refractivity contribution < 1.29 is 0 Å². The third-order valence-electron chi connectivity index (χ3n) is 3.33. The van der Waals surface area contributed by atoms with E-state index >= 15 is 0 Å². The van der Waals surface area contributed by atoms with Gasteiger partial charge in [-0.05, 0) is 25.7 Å². The molecular weight excluding hydrogens is 198 g/mol. The summed E-state index contributed by atoms with van der Waals surface area (Å²) in [6.45, 7) is 0. The van der Waals surface area contributed by atoms with Gasteiger partial charge in [-0.2, -0.15) is 0 Å². The van der Waals surface area contributed by atoms with Crippen LogP contribution in [0.4, 0.5) is 0 Å². The lowest BCUT2D eigenvalue weighted by atomic mass is 10.0. The predicted octanol–water partition coefficient (Wildman–Crippen LogP) is 2.18. The quantitative estimate of drug-likeness (QED) is 0.792. The number of rotatable bonds is 3. The Kier molecular flexibility index (Phi) is 3.78. The summed E-state index contributed by atoms with van der Waals surface area (Å²) < 4.78 is 2.09. The highest BCUT2D eigenvalue weighted by Gasteiger charge is 2.09. The van der Waals surface area contributed by atoms with Crippen molar-refractivity contribution in [1.82, 2.24) is 9.55 Å². The molecule has 1 aromatic heterocycles. The number of hydrogen-bond donors (Lipinski definition) is 1. The summed E-state index contributed by atoms with van der Waals surface area (Å²) in [5, 5.41) is 0. The Balaban J connectivity index is 1.92. The molecule has 0 fully saturated rings. The van der Waals surface area contributed by atoms with E-state index in [0.717, 1.165) is 19.3 Å². The lowest BCUT2D eigenvalue weighted by Crippen LogP contribution is -2.15. The molecule has 0 aromatic carbocycles. The average molecular weight is 219 g/mol. The van der Waals surface area contributed by atoms with E-state index in [1.165, 1.54) is 30.7 Å². The first kappa shape index (κ1) is 11.4. The van der Waals surface area contributed by atoms with E-state index in [1.807, 2.05) is 12.4 Å². The molecule has 0 bridgehead atoms. The molecule has 3 nitrogen and oxygen atoms in total. The summed E-state index contributed by atoms with van der Waals surface area (Å²) in [5.41, 5.74) is 7.53. The minimum atomic E-state index is 0.277. The van der Waals surface area contributed by atoms with E-state index in [4.69, 9.17) is 5.73 Å². The molecule has 3 heteroatoms. The second kappa shape index (κ2) is 5.30. The SMILES string of the molecule is Cn1ccnc1CCC1=CC(N)CCCC1. The summed E-state index contributed by atoms with van der Waals surface area (Å²) >= 11 is 0. The van der Waals surface area contributed by atoms with Gasteiger partial charge in [0.25, 0.3) is 0 Å². The van der Waals surface area contributed by atoms with Gasteiger partial charge in [0, 0.05) is 31.9 Å². The molecular formula is C13H21N3. The zero-order valence-corrected chi connectivity index (χ0v) is 10.0. The third-order valence-corrected chi connectivity index (χ3v) is 3.33. The van der Waals surface area contributed by atoms with Gasteiger partial charge in [0.15, 0.2) is 0 Å². The third kappa shape index (κ3) is 2.95. The first-order valence-electron chi connectivity index (χ1n) is 6.17. The number of aryl methyl sites for hydroxylation is 2. The number of imidazole rings is 1. The molecule has 1 aliphatic rings. The highest BCUT2D eigenvalue weighted by molar-refractivity contribution is 5.10.